The number of fused-ring (bicyclic) bond motifs is 5. The fourth-order valence-electron chi connectivity index (χ4n) is 3.45. The van der Waals surface area contributed by atoms with Gasteiger partial charge in [-0.3, -0.25) is 0 Å². The minimum absolute atomic E-state index is 0.589. The minimum Gasteiger partial charge on any atom is -0.383 e. The summed E-state index contributed by atoms with van der Waals surface area (Å²) in [6.45, 7) is 0. The van der Waals surface area contributed by atoms with E-state index in [2.05, 4.69) is 60.0 Å². The van der Waals surface area contributed by atoms with Crippen LogP contribution in [0.2, 0.25) is 0 Å². The molecule has 3 aromatic carbocycles. The van der Waals surface area contributed by atoms with Crippen LogP contribution in [0.15, 0.2) is 72.1 Å². The summed E-state index contributed by atoms with van der Waals surface area (Å²) in [6.07, 6.45) is 0. The highest BCUT2D eigenvalue weighted by Gasteiger charge is 2.15. The molecule has 0 fully saturated rings. The lowest BCUT2D eigenvalue weighted by Crippen LogP contribution is -2.58. The van der Waals surface area contributed by atoms with Gasteiger partial charge in [-0.25, -0.2) is 4.98 Å². The van der Waals surface area contributed by atoms with Gasteiger partial charge in [-0.2, -0.15) is 14.0 Å². The lowest BCUT2D eigenvalue weighted by molar-refractivity contribution is -1.92. The molecule has 5 aromatic rings. The highest BCUT2D eigenvalue weighted by Crippen LogP contribution is 2.40. The maximum atomic E-state index is 8.60. The normalized spacial score (nSPS) is 11.6. The highest BCUT2D eigenvalue weighted by atomic mass is 35.7. The van der Waals surface area contributed by atoms with E-state index in [1.54, 1.807) is 11.3 Å². The molecule has 2 heterocycles. The number of benzene rings is 3. The van der Waals surface area contributed by atoms with Gasteiger partial charge in [0.05, 0.1) is 20.4 Å². The van der Waals surface area contributed by atoms with Gasteiger partial charge in [0.2, 0.25) is 0 Å². The zero-order chi connectivity index (χ0) is 20.6. The van der Waals surface area contributed by atoms with E-state index in [0.717, 1.165) is 21.7 Å². The SMILES string of the molecule is Nc1nc2c3ccccc3cc(-c3cccs3)c2c2ccccc12.[O-][Cl+3]([O-])([O-])O. The van der Waals surface area contributed by atoms with Crippen LogP contribution in [0.3, 0.4) is 0 Å². The number of hydrogen-bond acceptors (Lipinski definition) is 7. The third kappa shape index (κ3) is 4.01. The number of nitrogen functional groups attached to an aromatic ring is 1. The Morgan fingerprint density at radius 1 is 0.862 bits per heavy atom. The Morgan fingerprint density at radius 2 is 1.48 bits per heavy atom. The van der Waals surface area contributed by atoms with Crippen LogP contribution in [0.4, 0.5) is 5.82 Å². The van der Waals surface area contributed by atoms with Crippen LogP contribution in [-0.4, -0.2) is 9.64 Å². The second kappa shape index (κ2) is 7.57. The molecule has 8 heteroatoms. The zero-order valence-electron chi connectivity index (χ0n) is 14.9. The Balaban J connectivity index is 0.000000369. The van der Waals surface area contributed by atoms with Crippen LogP contribution in [0, 0.1) is 10.2 Å². The zero-order valence-corrected chi connectivity index (χ0v) is 16.5. The molecule has 0 atom stereocenters. The van der Waals surface area contributed by atoms with E-state index in [4.69, 9.17) is 29.4 Å². The van der Waals surface area contributed by atoms with E-state index in [1.807, 2.05) is 12.1 Å². The van der Waals surface area contributed by atoms with Crippen molar-refractivity contribution in [2.75, 3.05) is 5.73 Å². The van der Waals surface area contributed by atoms with Crippen molar-refractivity contribution in [3.8, 4) is 10.4 Å². The fraction of sp³-hybridized carbons (Fsp3) is 0. The van der Waals surface area contributed by atoms with Gasteiger partial charge in [0, 0.05) is 26.6 Å². The van der Waals surface area contributed by atoms with Crippen molar-refractivity contribution >= 4 is 49.6 Å². The van der Waals surface area contributed by atoms with Crippen LogP contribution in [-0.2, 0) is 0 Å². The van der Waals surface area contributed by atoms with Gasteiger partial charge in [-0.05, 0) is 28.3 Å². The summed E-state index contributed by atoms with van der Waals surface area (Å²) in [5.74, 6) is 0.589. The van der Waals surface area contributed by atoms with E-state index >= 15 is 0 Å². The summed E-state index contributed by atoms with van der Waals surface area (Å²) in [7, 11) is -4.69. The number of aromatic nitrogens is 1. The van der Waals surface area contributed by atoms with Crippen molar-refractivity contribution < 1.29 is 28.9 Å². The third-order valence-corrected chi connectivity index (χ3v) is 5.42. The van der Waals surface area contributed by atoms with Gasteiger partial charge in [0.25, 0.3) is 0 Å². The number of halogens is 1. The fourth-order valence-corrected chi connectivity index (χ4v) is 4.20. The van der Waals surface area contributed by atoms with E-state index < -0.39 is 10.2 Å². The van der Waals surface area contributed by atoms with Crippen molar-refractivity contribution in [2.24, 2.45) is 0 Å². The molecular weight excluding hydrogens is 412 g/mol. The molecule has 0 saturated heterocycles. The van der Waals surface area contributed by atoms with Crippen LogP contribution in [0.1, 0.15) is 0 Å². The number of nitrogens with two attached hydrogens (primary N) is 1. The average molecular weight is 427 g/mol. The topological polar surface area (TPSA) is 128 Å². The van der Waals surface area contributed by atoms with Gasteiger partial charge in [-0.15, -0.1) is 11.3 Å². The first-order valence-corrected chi connectivity index (χ1v) is 10.6. The minimum atomic E-state index is -4.69. The highest BCUT2D eigenvalue weighted by molar-refractivity contribution is 7.13. The smallest absolute Gasteiger partial charge is 0.132 e. The Kier molecular flexibility index (Phi) is 5.10. The lowest BCUT2D eigenvalue weighted by atomic mass is 9.95. The van der Waals surface area contributed by atoms with Gasteiger partial charge in [-0.1, -0.05) is 54.6 Å². The van der Waals surface area contributed by atoms with Crippen molar-refractivity contribution in [2.45, 2.75) is 0 Å². The molecule has 2 aromatic heterocycles. The number of nitrogens with zero attached hydrogens (tertiary/aromatic N) is 1. The van der Waals surface area contributed by atoms with Gasteiger partial charge >= 0.3 is 0 Å². The molecule has 29 heavy (non-hydrogen) atoms. The Labute approximate surface area is 171 Å². The molecule has 3 N–H and O–H groups in total. The predicted octanol–water partition coefficient (Wildman–Crippen LogP) is 1.73. The first-order valence-electron chi connectivity index (χ1n) is 8.50. The number of pyridine rings is 1. The second-order valence-electron chi connectivity index (χ2n) is 6.28. The second-order valence-corrected chi connectivity index (χ2v) is 8.02. The summed E-state index contributed by atoms with van der Waals surface area (Å²) in [4.78, 5) is 6.04. The monoisotopic (exact) mass is 426 g/mol. The lowest BCUT2D eigenvalue weighted by Gasteiger charge is -2.13. The quantitative estimate of drug-likeness (QED) is 0.393. The molecule has 0 aliphatic carbocycles. The third-order valence-electron chi connectivity index (χ3n) is 4.51. The van der Waals surface area contributed by atoms with Crippen LogP contribution in [0.25, 0.3) is 42.9 Å². The number of rotatable bonds is 1. The first-order chi connectivity index (χ1) is 13.8. The molecular formula is C21H15ClN2O4S. The van der Waals surface area contributed by atoms with E-state index in [1.165, 1.54) is 21.2 Å². The molecule has 6 nitrogen and oxygen atoms in total. The molecule has 0 aliphatic rings. The Hall–Kier alpha value is -2.78. The molecule has 0 radical (unpaired) electrons. The van der Waals surface area contributed by atoms with Crippen molar-refractivity contribution in [3.05, 3.63) is 72.1 Å². The molecule has 146 valence electrons. The van der Waals surface area contributed by atoms with Gasteiger partial charge in [0.1, 0.15) is 5.82 Å². The maximum absolute atomic E-state index is 8.60. The van der Waals surface area contributed by atoms with E-state index in [9.17, 15) is 0 Å². The molecule has 0 aliphatic heterocycles. The average Bonchev–Trinajstić information content (AvgIpc) is 3.21. The summed E-state index contributed by atoms with van der Waals surface area (Å²) < 4.78 is 32.7. The Bertz CT molecular complexity index is 1310. The number of anilines is 1. The number of hydrogen-bond donors (Lipinski definition) is 2. The van der Waals surface area contributed by atoms with Crippen molar-refractivity contribution in [1.82, 2.24) is 4.98 Å². The summed E-state index contributed by atoms with van der Waals surface area (Å²) in [5.41, 5.74) is 8.48. The van der Waals surface area contributed by atoms with Crippen molar-refractivity contribution in [3.63, 3.8) is 0 Å². The first kappa shape index (κ1) is 19.5. The molecule has 0 amide bonds. The molecule has 0 spiro atoms. The van der Waals surface area contributed by atoms with Gasteiger partial charge in [0.15, 0.2) is 0 Å². The van der Waals surface area contributed by atoms with Crippen LogP contribution in [0.5, 0.6) is 0 Å². The summed E-state index contributed by atoms with van der Waals surface area (Å²) in [6, 6.07) is 23.2. The summed E-state index contributed by atoms with van der Waals surface area (Å²) >= 11 is 1.75. The summed E-state index contributed by atoms with van der Waals surface area (Å²) in [5, 5.41) is 7.80. The van der Waals surface area contributed by atoms with E-state index in [-0.39, 0.29) is 0 Å². The predicted molar refractivity (Wildman–Crippen MR) is 107 cm³/mol. The molecule has 0 unspecified atom stereocenters. The van der Waals surface area contributed by atoms with E-state index in [0.29, 0.717) is 5.82 Å². The molecule has 0 saturated carbocycles. The maximum Gasteiger partial charge on any atom is 0.132 e. The van der Waals surface area contributed by atoms with Crippen LogP contribution >= 0.6 is 11.3 Å². The van der Waals surface area contributed by atoms with Gasteiger partial charge < -0.3 is 5.73 Å². The molecule has 0 bridgehead atoms. The standard InChI is InChI=1S/C21H14N2S.ClHO4/c22-21-16-9-4-3-8-15(16)19-17(18-10-5-11-24-18)12-13-6-1-2-7-14(13)20(19)23-21;2-1(3,4)5/h1-12H,(H2,22,23);(H,2,3,4,5). The number of thiophene rings is 1. The van der Waals surface area contributed by atoms with Crippen LogP contribution < -0.4 is 19.7 Å². The Morgan fingerprint density at radius 3 is 2.14 bits per heavy atom. The van der Waals surface area contributed by atoms with Crippen molar-refractivity contribution in [1.29, 1.82) is 0 Å². The largest absolute Gasteiger partial charge is 0.383 e. The molecule has 5 rings (SSSR count).